The first-order valence-electron chi connectivity index (χ1n) is 6.92. The Bertz CT molecular complexity index is 534. The van der Waals surface area contributed by atoms with Crippen molar-refractivity contribution in [2.75, 3.05) is 18.4 Å². The molecule has 1 N–H and O–H groups in total. The average molecular weight is 295 g/mol. The Hall–Kier alpha value is -2.12. The zero-order chi connectivity index (χ0) is 15.6. The van der Waals surface area contributed by atoms with Crippen molar-refractivity contribution in [3.8, 4) is 0 Å². The lowest BCUT2D eigenvalue weighted by molar-refractivity contribution is -0.114. The van der Waals surface area contributed by atoms with Crippen LogP contribution in [0, 0.1) is 0 Å². The first kappa shape index (κ1) is 15.3. The first-order valence-corrected chi connectivity index (χ1v) is 6.92. The molecular formula is C13H21N5O3. The van der Waals surface area contributed by atoms with Crippen LogP contribution < -0.4 is 5.32 Å². The molecule has 1 aliphatic rings. The Morgan fingerprint density at radius 1 is 1.43 bits per heavy atom. The zero-order valence-corrected chi connectivity index (χ0v) is 12.8. The maximum atomic E-state index is 12.0. The van der Waals surface area contributed by atoms with Crippen LogP contribution >= 0.6 is 0 Å². The van der Waals surface area contributed by atoms with Crippen molar-refractivity contribution in [2.45, 2.75) is 45.8 Å². The predicted octanol–water partition coefficient (Wildman–Crippen LogP) is 1.42. The van der Waals surface area contributed by atoms with Gasteiger partial charge < -0.3 is 15.0 Å². The molecule has 8 heteroatoms. The summed E-state index contributed by atoms with van der Waals surface area (Å²) in [5.74, 6) is 0.224. The van der Waals surface area contributed by atoms with Crippen LogP contribution in [0.3, 0.4) is 0 Å². The number of carbonyl (C=O) groups is 2. The van der Waals surface area contributed by atoms with Crippen LogP contribution in [0.25, 0.3) is 0 Å². The lowest BCUT2D eigenvalue weighted by Crippen LogP contribution is -2.35. The molecule has 21 heavy (non-hydrogen) atoms. The van der Waals surface area contributed by atoms with Gasteiger partial charge in [-0.1, -0.05) is 5.21 Å². The quantitative estimate of drug-likeness (QED) is 0.891. The number of carbonyl (C=O) groups excluding carboxylic acids is 2. The second-order valence-corrected chi connectivity index (χ2v) is 6.13. The SMILES string of the molecule is CC(=O)Nc1cn(C2CCN(C(=O)OC(C)(C)C)C2)nn1. The topological polar surface area (TPSA) is 89.4 Å². The Labute approximate surface area is 123 Å². The van der Waals surface area contributed by atoms with Gasteiger partial charge in [-0.25, -0.2) is 9.48 Å². The molecule has 2 rings (SSSR count). The van der Waals surface area contributed by atoms with Crippen molar-refractivity contribution in [3.63, 3.8) is 0 Å². The molecule has 1 aliphatic heterocycles. The normalized spacial score (nSPS) is 18.7. The van der Waals surface area contributed by atoms with Crippen LogP contribution in [0.2, 0.25) is 0 Å². The third-order valence-corrected chi connectivity index (χ3v) is 3.00. The number of likely N-dealkylation sites (tertiary alicyclic amines) is 1. The summed E-state index contributed by atoms with van der Waals surface area (Å²) >= 11 is 0. The Balaban J connectivity index is 1.94. The van der Waals surface area contributed by atoms with Crippen LogP contribution in [-0.2, 0) is 9.53 Å². The molecular weight excluding hydrogens is 274 g/mol. The molecule has 2 amide bonds. The van der Waals surface area contributed by atoms with Gasteiger partial charge in [0, 0.05) is 20.0 Å². The minimum absolute atomic E-state index is 0.0486. The molecule has 8 nitrogen and oxygen atoms in total. The Morgan fingerprint density at radius 2 is 2.14 bits per heavy atom. The summed E-state index contributed by atoms with van der Waals surface area (Å²) in [4.78, 5) is 24.6. The van der Waals surface area contributed by atoms with E-state index in [4.69, 9.17) is 4.74 Å². The molecule has 1 saturated heterocycles. The summed E-state index contributed by atoms with van der Waals surface area (Å²) in [5.41, 5.74) is -0.499. The van der Waals surface area contributed by atoms with Crippen LogP contribution in [0.4, 0.5) is 10.6 Å². The number of ether oxygens (including phenoxy) is 1. The predicted molar refractivity (Wildman–Crippen MR) is 75.8 cm³/mol. The fourth-order valence-corrected chi connectivity index (χ4v) is 2.14. The molecule has 0 aliphatic carbocycles. The molecule has 0 aromatic carbocycles. The second-order valence-electron chi connectivity index (χ2n) is 6.13. The summed E-state index contributed by atoms with van der Waals surface area (Å²) in [6.07, 6.45) is 2.14. The second kappa shape index (κ2) is 5.71. The number of anilines is 1. The fraction of sp³-hybridized carbons (Fsp3) is 0.692. The van der Waals surface area contributed by atoms with Crippen LogP contribution in [0.5, 0.6) is 0 Å². The lowest BCUT2D eigenvalue weighted by Gasteiger charge is -2.24. The Morgan fingerprint density at radius 3 is 2.76 bits per heavy atom. The van der Waals surface area contributed by atoms with E-state index in [0.29, 0.717) is 18.9 Å². The van der Waals surface area contributed by atoms with Crippen molar-refractivity contribution in [3.05, 3.63) is 6.20 Å². The van der Waals surface area contributed by atoms with Crippen LogP contribution in [0.1, 0.15) is 40.2 Å². The van der Waals surface area contributed by atoms with Gasteiger partial charge in [0.05, 0.1) is 12.2 Å². The van der Waals surface area contributed by atoms with Gasteiger partial charge in [-0.3, -0.25) is 4.79 Å². The maximum absolute atomic E-state index is 12.0. The Kier molecular flexibility index (Phi) is 4.15. The van der Waals surface area contributed by atoms with E-state index >= 15 is 0 Å². The summed E-state index contributed by atoms with van der Waals surface area (Å²) < 4.78 is 7.02. The smallest absolute Gasteiger partial charge is 0.410 e. The number of aromatic nitrogens is 3. The van der Waals surface area contributed by atoms with Crippen molar-refractivity contribution in [1.82, 2.24) is 19.9 Å². The number of rotatable bonds is 2. The standard InChI is InChI=1S/C13H21N5O3/c1-9(19)14-11-8-18(16-15-11)10-5-6-17(7-10)12(20)21-13(2,3)4/h8,10H,5-7H2,1-4H3,(H,14,19). The number of hydrogen-bond donors (Lipinski definition) is 1. The number of nitrogens with zero attached hydrogens (tertiary/aromatic N) is 4. The molecule has 0 radical (unpaired) electrons. The van der Waals surface area contributed by atoms with Gasteiger partial charge in [-0.2, -0.15) is 0 Å². The van der Waals surface area contributed by atoms with Crippen molar-refractivity contribution < 1.29 is 14.3 Å². The van der Waals surface area contributed by atoms with Crippen LogP contribution in [-0.4, -0.2) is 50.6 Å². The molecule has 0 saturated carbocycles. The highest BCUT2D eigenvalue weighted by Gasteiger charge is 2.31. The summed E-state index contributed by atoms with van der Waals surface area (Å²) in [5, 5.41) is 10.4. The zero-order valence-electron chi connectivity index (χ0n) is 12.8. The van der Waals surface area contributed by atoms with Crippen molar-refractivity contribution in [1.29, 1.82) is 0 Å². The summed E-state index contributed by atoms with van der Waals surface area (Å²) in [6, 6.07) is 0.0486. The van der Waals surface area contributed by atoms with E-state index in [1.807, 2.05) is 20.8 Å². The minimum Gasteiger partial charge on any atom is -0.444 e. The molecule has 116 valence electrons. The molecule has 1 unspecified atom stereocenters. The average Bonchev–Trinajstić information content (AvgIpc) is 2.93. The molecule has 1 aromatic rings. The van der Waals surface area contributed by atoms with E-state index in [1.54, 1.807) is 15.8 Å². The number of hydrogen-bond acceptors (Lipinski definition) is 5. The van der Waals surface area contributed by atoms with Crippen molar-refractivity contribution >= 4 is 17.8 Å². The monoisotopic (exact) mass is 295 g/mol. The van der Waals surface area contributed by atoms with Gasteiger partial charge in [0.2, 0.25) is 5.91 Å². The summed E-state index contributed by atoms with van der Waals surface area (Å²) in [6.45, 7) is 8.09. The minimum atomic E-state index is -0.499. The van der Waals surface area contributed by atoms with Gasteiger partial charge in [0.25, 0.3) is 0 Å². The van der Waals surface area contributed by atoms with Gasteiger partial charge in [0.1, 0.15) is 5.60 Å². The van der Waals surface area contributed by atoms with Gasteiger partial charge in [0.15, 0.2) is 5.82 Å². The van der Waals surface area contributed by atoms with E-state index in [-0.39, 0.29) is 18.0 Å². The highest BCUT2D eigenvalue weighted by atomic mass is 16.6. The fourth-order valence-electron chi connectivity index (χ4n) is 2.14. The molecule has 0 spiro atoms. The summed E-state index contributed by atoms with van der Waals surface area (Å²) in [7, 11) is 0. The molecule has 1 atom stereocenters. The van der Waals surface area contributed by atoms with Crippen molar-refractivity contribution in [2.24, 2.45) is 0 Å². The molecule has 2 heterocycles. The lowest BCUT2D eigenvalue weighted by atomic mass is 10.2. The van der Waals surface area contributed by atoms with E-state index in [9.17, 15) is 9.59 Å². The van der Waals surface area contributed by atoms with E-state index in [0.717, 1.165) is 6.42 Å². The van der Waals surface area contributed by atoms with Crippen LogP contribution in [0.15, 0.2) is 6.20 Å². The van der Waals surface area contributed by atoms with Gasteiger partial charge >= 0.3 is 6.09 Å². The third-order valence-electron chi connectivity index (χ3n) is 3.00. The highest BCUT2D eigenvalue weighted by molar-refractivity contribution is 5.87. The molecule has 1 fully saturated rings. The van der Waals surface area contributed by atoms with E-state index in [2.05, 4.69) is 15.6 Å². The number of amides is 2. The maximum Gasteiger partial charge on any atom is 0.410 e. The first-order chi connectivity index (χ1) is 9.74. The van der Waals surface area contributed by atoms with E-state index < -0.39 is 5.60 Å². The van der Waals surface area contributed by atoms with Gasteiger partial charge in [-0.05, 0) is 27.2 Å². The third kappa shape index (κ3) is 4.17. The number of nitrogens with one attached hydrogen (secondary N) is 1. The van der Waals surface area contributed by atoms with Gasteiger partial charge in [-0.15, -0.1) is 5.10 Å². The molecule has 0 bridgehead atoms. The largest absolute Gasteiger partial charge is 0.444 e. The molecule has 1 aromatic heterocycles. The highest BCUT2D eigenvalue weighted by Crippen LogP contribution is 2.23. The van der Waals surface area contributed by atoms with E-state index in [1.165, 1.54) is 6.92 Å².